The van der Waals surface area contributed by atoms with Crippen LogP contribution in [0.4, 0.5) is 0 Å². The van der Waals surface area contributed by atoms with Gasteiger partial charge in [0.05, 0.1) is 18.5 Å². The standard InChI is InChI=1S/C4H7ClO/c1-4(2)3-6-5/h1,3H2,2H3. The van der Waals surface area contributed by atoms with Crippen LogP contribution < -0.4 is 0 Å². The first kappa shape index (κ1) is 5.99. The molecule has 2 heteroatoms. The van der Waals surface area contributed by atoms with Crippen LogP contribution in [-0.4, -0.2) is 6.61 Å². The molecular formula is C4H7ClO. The van der Waals surface area contributed by atoms with E-state index in [1.165, 1.54) is 0 Å². The van der Waals surface area contributed by atoms with E-state index in [9.17, 15) is 0 Å². The summed E-state index contributed by atoms with van der Waals surface area (Å²) in [7, 11) is 0. The average molecular weight is 107 g/mol. The third-order valence-electron chi connectivity index (χ3n) is 0.301. The second kappa shape index (κ2) is 3.19. The molecule has 0 radical (unpaired) electrons. The molecule has 0 saturated carbocycles. The summed E-state index contributed by atoms with van der Waals surface area (Å²) in [6.07, 6.45) is 0. The van der Waals surface area contributed by atoms with Crippen LogP contribution in [0.15, 0.2) is 12.2 Å². The molecule has 0 aliphatic heterocycles. The quantitative estimate of drug-likeness (QED) is 0.487. The van der Waals surface area contributed by atoms with Crippen LogP contribution in [0.5, 0.6) is 0 Å². The summed E-state index contributed by atoms with van der Waals surface area (Å²) < 4.78 is 4.18. The summed E-state index contributed by atoms with van der Waals surface area (Å²) in [5.74, 6) is 0. The fraction of sp³-hybridized carbons (Fsp3) is 0.500. The zero-order chi connectivity index (χ0) is 4.99. The van der Waals surface area contributed by atoms with Gasteiger partial charge in [0, 0.05) is 0 Å². The lowest BCUT2D eigenvalue weighted by molar-refractivity contribution is 0.392. The number of hydrogen-bond acceptors (Lipinski definition) is 1. The molecule has 0 saturated heterocycles. The molecule has 0 spiro atoms. The Hall–Kier alpha value is -0.0100. The minimum absolute atomic E-state index is 0.446. The maximum Gasteiger partial charge on any atom is 0.0888 e. The lowest BCUT2D eigenvalue weighted by Gasteiger charge is -1.86. The van der Waals surface area contributed by atoms with Gasteiger partial charge in [0.25, 0.3) is 0 Å². The van der Waals surface area contributed by atoms with Gasteiger partial charge in [-0.1, -0.05) is 12.2 Å². The highest BCUT2D eigenvalue weighted by atomic mass is 35.5. The van der Waals surface area contributed by atoms with Gasteiger partial charge in [-0.25, -0.2) is 0 Å². The topological polar surface area (TPSA) is 9.23 Å². The van der Waals surface area contributed by atoms with E-state index in [0.29, 0.717) is 6.61 Å². The Kier molecular flexibility index (Phi) is 3.19. The summed E-state index contributed by atoms with van der Waals surface area (Å²) in [6, 6.07) is 0. The van der Waals surface area contributed by atoms with Crippen LogP contribution >= 0.6 is 11.9 Å². The van der Waals surface area contributed by atoms with E-state index in [0.717, 1.165) is 5.57 Å². The third kappa shape index (κ3) is 3.99. The van der Waals surface area contributed by atoms with Gasteiger partial charge in [-0.05, 0) is 6.92 Å². The van der Waals surface area contributed by atoms with E-state index < -0.39 is 0 Å². The van der Waals surface area contributed by atoms with Crippen LogP contribution in [0.1, 0.15) is 6.92 Å². The smallest absolute Gasteiger partial charge is 0.0888 e. The maximum atomic E-state index is 4.84. The van der Waals surface area contributed by atoms with E-state index >= 15 is 0 Å². The fourth-order valence-electron chi connectivity index (χ4n) is 0.0931. The Morgan fingerprint density at radius 3 is 2.50 bits per heavy atom. The van der Waals surface area contributed by atoms with E-state index in [2.05, 4.69) is 10.9 Å². The van der Waals surface area contributed by atoms with Crippen LogP contribution in [-0.2, 0) is 4.29 Å². The molecule has 0 aromatic heterocycles. The number of hydrogen-bond donors (Lipinski definition) is 0. The van der Waals surface area contributed by atoms with E-state index in [1.807, 2.05) is 6.92 Å². The van der Waals surface area contributed by atoms with Gasteiger partial charge >= 0.3 is 0 Å². The van der Waals surface area contributed by atoms with Gasteiger partial charge in [-0.2, -0.15) is 0 Å². The largest absolute Gasteiger partial charge is 0.275 e. The Morgan fingerprint density at radius 2 is 2.50 bits per heavy atom. The van der Waals surface area contributed by atoms with Gasteiger partial charge in [0.2, 0.25) is 0 Å². The summed E-state index contributed by atoms with van der Waals surface area (Å²) in [5.41, 5.74) is 0.935. The lowest BCUT2D eigenvalue weighted by atomic mass is 10.4. The van der Waals surface area contributed by atoms with Crippen molar-refractivity contribution in [3.63, 3.8) is 0 Å². The highest BCUT2D eigenvalue weighted by Gasteiger charge is 1.77. The molecule has 36 valence electrons. The predicted octanol–water partition coefficient (Wildman–Crippen LogP) is 1.73. The Morgan fingerprint density at radius 1 is 2.00 bits per heavy atom. The van der Waals surface area contributed by atoms with Crippen LogP contribution in [0.2, 0.25) is 0 Å². The summed E-state index contributed by atoms with van der Waals surface area (Å²) >= 11 is 4.84. The molecule has 0 rings (SSSR count). The molecule has 0 amide bonds. The fourth-order valence-corrected chi connectivity index (χ4v) is 0.279. The van der Waals surface area contributed by atoms with Crippen molar-refractivity contribution >= 4 is 11.9 Å². The van der Waals surface area contributed by atoms with E-state index in [1.54, 1.807) is 0 Å². The third-order valence-corrected chi connectivity index (χ3v) is 0.410. The molecule has 0 unspecified atom stereocenters. The number of rotatable bonds is 2. The van der Waals surface area contributed by atoms with Gasteiger partial charge < -0.3 is 0 Å². The molecule has 0 N–H and O–H groups in total. The van der Waals surface area contributed by atoms with E-state index in [4.69, 9.17) is 11.9 Å². The average Bonchev–Trinajstić information content (AvgIpc) is 1.35. The second-order valence-electron chi connectivity index (χ2n) is 1.21. The molecule has 0 bridgehead atoms. The molecule has 0 aromatic rings. The van der Waals surface area contributed by atoms with Crippen LogP contribution in [0, 0.1) is 0 Å². The Balaban J connectivity index is 2.83. The molecule has 0 atom stereocenters. The maximum absolute atomic E-state index is 4.84. The highest BCUT2D eigenvalue weighted by molar-refractivity contribution is 6.07. The Bertz CT molecular complexity index is 51.5. The minimum Gasteiger partial charge on any atom is -0.275 e. The second-order valence-corrected chi connectivity index (χ2v) is 1.43. The van der Waals surface area contributed by atoms with Crippen molar-refractivity contribution in [2.45, 2.75) is 6.92 Å². The molecule has 0 aliphatic rings. The lowest BCUT2D eigenvalue weighted by Crippen LogP contribution is -1.80. The van der Waals surface area contributed by atoms with Gasteiger partial charge in [0.1, 0.15) is 0 Å². The monoisotopic (exact) mass is 106 g/mol. The van der Waals surface area contributed by atoms with Crippen molar-refractivity contribution in [1.29, 1.82) is 0 Å². The predicted molar refractivity (Wildman–Crippen MR) is 26.6 cm³/mol. The molecule has 6 heavy (non-hydrogen) atoms. The van der Waals surface area contributed by atoms with Crippen molar-refractivity contribution < 1.29 is 4.29 Å². The normalized spacial score (nSPS) is 8.33. The first-order valence-electron chi connectivity index (χ1n) is 1.65. The van der Waals surface area contributed by atoms with Gasteiger partial charge in [0.15, 0.2) is 0 Å². The van der Waals surface area contributed by atoms with E-state index in [-0.39, 0.29) is 0 Å². The van der Waals surface area contributed by atoms with Crippen molar-refractivity contribution in [2.24, 2.45) is 0 Å². The molecule has 1 nitrogen and oxygen atoms in total. The first-order valence-corrected chi connectivity index (χ1v) is 1.96. The van der Waals surface area contributed by atoms with Crippen molar-refractivity contribution in [2.75, 3.05) is 6.61 Å². The van der Waals surface area contributed by atoms with Gasteiger partial charge in [-0.15, -0.1) is 0 Å². The Labute approximate surface area is 42.7 Å². The van der Waals surface area contributed by atoms with Crippen molar-refractivity contribution in [3.05, 3.63) is 12.2 Å². The molecule has 0 aromatic carbocycles. The zero-order valence-corrected chi connectivity index (χ0v) is 4.46. The SMILES string of the molecule is C=C(C)COCl. The molecule has 0 aliphatic carbocycles. The van der Waals surface area contributed by atoms with Crippen molar-refractivity contribution in [3.8, 4) is 0 Å². The van der Waals surface area contributed by atoms with Gasteiger partial charge in [-0.3, -0.25) is 4.29 Å². The van der Waals surface area contributed by atoms with Crippen molar-refractivity contribution in [1.82, 2.24) is 0 Å². The zero-order valence-electron chi connectivity index (χ0n) is 3.70. The minimum atomic E-state index is 0.446. The molecule has 0 fully saturated rings. The van der Waals surface area contributed by atoms with Crippen LogP contribution in [0.3, 0.4) is 0 Å². The molecule has 0 heterocycles. The summed E-state index contributed by atoms with van der Waals surface area (Å²) in [4.78, 5) is 0. The van der Waals surface area contributed by atoms with Crippen LogP contribution in [0.25, 0.3) is 0 Å². The summed E-state index contributed by atoms with van der Waals surface area (Å²) in [5, 5.41) is 0. The summed E-state index contributed by atoms with van der Waals surface area (Å²) in [6.45, 7) is 5.83. The first-order chi connectivity index (χ1) is 2.77. The number of halogens is 1. The molecular weight excluding hydrogens is 99.5 g/mol. The highest BCUT2D eigenvalue weighted by Crippen LogP contribution is 1.88.